The van der Waals surface area contributed by atoms with Crippen molar-refractivity contribution in [2.75, 3.05) is 19.7 Å². The van der Waals surface area contributed by atoms with Crippen LogP contribution < -0.4 is 4.74 Å². The zero-order valence-electron chi connectivity index (χ0n) is 14.2. The van der Waals surface area contributed by atoms with E-state index in [1.54, 1.807) is 4.90 Å². The Morgan fingerprint density at radius 2 is 2.08 bits per heavy atom. The van der Waals surface area contributed by atoms with Crippen LogP contribution in [0.2, 0.25) is 0 Å². The summed E-state index contributed by atoms with van der Waals surface area (Å²) < 4.78 is 11.0. The van der Waals surface area contributed by atoms with Gasteiger partial charge in [0.2, 0.25) is 0 Å². The minimum Gasteiger partial charge on any atom is -0.486 e. The Morgan fingerprint density at radius 1 is 1.42 bits per heavy atom. The van der Waals surface area contributed by atoms with Crippen LogP contribution in [-0.4, -0.2) is 46.2 Å². The van der Waals surface area contributed by atoms with Crippen molar-refractivity contribution in [2.45, 2.75) is 39.2 Å². The van der Waals surface area contributed by atoms with E-state index in [4.69, 9.17) is 9.47 Å². The molecule has 24 heavy (non-hydrogen) atoms. The molecular formula is C16H23N3O5. The summed E-state index contributed by atoms with van der Waals surface area (Å²) in [5, 5.41) is 10.9. The summed E-state index contributed by atoms with van der Waals surface area (Å²) in [5.41, 5.74) is -0.638. The summed E-state index contributed by atoms with van der Waals surface area (Å²) >= 11 is 0. The topological polar surface area (TPSA) is 94.8 Å². The van der Waals surface area contributed by atoms with Crippen molar-refractivity contribution < 1.29 is 19.2 Å². The molecule has 1 aromatic heterocycles. The Morgan fingerprint density at radius 3 is 2.67 bits per heavy atom. The predicted octanol–water partition coefficient (Wildman–Crippen LogP) is 3.02. The van der Waals surface area contributed by atoms with E-state index in [1.807, 2.05) is 20.8 Å². The van der Waals surface area contributed by atoms with Gasteiger partial charge in [-0.25, -0.2) is 4.79 Å². The van der Waals surface area contributed by atoms with Crippen LogP contribution in [0.1, 0.15) is 33.6 Å². The summed E-state index contributed by atoms with van der Waals surface area (Å²) in [4.78, 5) is 27.9. The SMILES string of the molecule is CC(C)(C)OC(=O)N1CCC(COc2ccncc2[N+](=O)[O-])CC1. The van der Waals surface area contributed by atoms with Crippen LogP contribution in [0.15, 0.2) is 18.5 Å². The van der Waals surface area contributed by atoms with Crippen molar-refractivity contribution in [1.29, 1.82) is 0 Å². The lowest BCUT2D eigenvalue weighted by atomic mass is 9.98. The number of pyridine rings is 1. The second-order valence-electron chi connectivity index (χ2n) is 6.82. The number of hydrogen-bond acceptors (Lipinski definition) is 6. The van der Waals surface area contributed by atoms with Crippen molar-refractivity contribution >= 4 is 11.8 Å². The van der Waals surface area contributed by atoms with Gasteiger partial charge in [0.1, 0.15) is 11.8 Å². The molecule has 8 heteroatoms. The first kappa shape index (κ1) is 18.0. The molecule has 0 atom stereocenters. The number of nitro groups is 1. The predicted molar refractivity (Wildman–Crippen MR) is 86.9 cm³/mol. The van der Waals surface area contributed by atoms with Crippen molar-refractivity contribution in [2.24, 2.45) is 5.92 Å². The first-order valence-corrected chi connectivity index (χ1v) is 7.95. The molecule has 0 spiro atoms. The number of rotatable bonds is 4. The molecule has 1 aliphatic rings. The van der Waals surface area contributed by atoms with E-state index >= 15 is 0 Å². The maximum atomic E-state index is 12.0. The van der Waals surface area contributed by atoms with E-state index in [9.17, 15) is 14.9 Å². The maximum absolute atomic E-state index is 12.0. The Bertz CT molecular complexity index is 592. The molecule has 132 valence electrons. The quantitative estimate of drug-likeness (QED) is 0.619. The van der Waals surface area contributed by atoms with Gasteiger partial charge < -0.3 is 14.4 Å². The lowest BCUT2D eigenvalue weighted by Crippen LogP contribution is -2.42. The number of hydrogen-bond donors (Lipinski definition) is 0. The molecule has 1 aliphatic heterocycles. The molecule has 0 radical (unpaired) electrons. The highest BCUT2D eigenvalue weighted by Crippen LogP contribution is 2.27. The first-order chi connectivity index (χ1) is 11.3. The van der Waals surface area contributed by atoms with Crippen LogP contribution in [0.3, 0.4) is 0 Å². The van der Waals surface area contributed by atoms with E-state index in [2.05, 4.69) is 4.98 Å². The number of carbonyl (C=O) groups is 1. The van der Waals surface area contributed by atoms with Crippen molar-refractivity contribution in [3.8, 4) is 5.75 Å². The van der Waals surface area contributed by atoms with E-state index in [0.29, 0.717) is 19.7 Å². The number of aromatic nitrogens is 1. The molecule has 0 aliphatic carbocycles. The summed E-state index contributed by atoms with van der Waals surface area (Å²) in [6.07, 6.45) is 3.90. The number of nitrogens with zero attached hydrogens (tertiary/aromatic N) is 3. The highest BCUT2D eigenvalue weighted by atomic mass is 16.6. The molecule has 0 aromatic carbocycles. The number of ether oxygens (including phenoxy) is 2. The fraction of sp³-hybridized carbons (Fsp3) is 0.625. The molecule has 1 fully saturated rings. The van der Waals surface area contributed by atoms with Gasteiger partial charge in [0.05, 0.1) is 11.5 Å². The number of piperidine rings is 1. The Labute approximate surface area is 140 Å². The maximum Gasteiger partial charge on any atom is 0.410 e. The van der Waals surface area contributed by atoms with Crippen molar-refractivity contribution in [3.63, 3.8) is 0 Å². The van der Waals surface area contributed by atoms with Crippen LogP contribution in [0.4, 0.5) is 10.5 Å². The Balaban J connectivity index is 1.82. The molecule has 0 N–H and O–H groups in total. The van der Waals surface area contributed by atoms with Gasteiger partial charge in [0.25, 0.3) is 0 Å². The minimum absolute atomic E-state index is 0.135. The third-order valence-corrected chi connectivity index (χ3v) is 3.70. The normalized spacial score (nSPS) is 15.9. The first-order valence-electron chi connectivity index (χ1n) is 7.95. The minimum atomic E-state index is -0.507. The molecule has 8 nitrogen and oxygen atoms in total. The average Bonchev–Trinajstić information content (AvgIpc) is 2.52. The number of amides is 1. The van der Waals surface area contributed by atoms with Crippen LogP contribution in [0.25, 0.3) is 0 Å². The highest BCUT2D eigenvalue weighted by Gasteiger charge is 2.27. The fourth-order valence-corrected chi connectivity index (χ4v) is 2.45. The second-order valence-corrected chi connectivity index (χ2v) is 6.82. The molecule has 2 heterocycles. The van der Waals surface area contributed by atoms with Gasteiger partial charge in [-0.2, -0.15) is 0 Å². The number of carbonyl (C=O) groups excluding carboxylic acids is 1. The van der Waals surface area contributed by atoms with Crippen LogP contribution in [-0.2, 0) is 4.74 Å². The average molecular weight is 337 g/mol. The molecule has 1 amide bonds. The lowest BCUT2D eigenvalue weighted by Gasteiger charge is -2.33. The third-order valence-electron chi connectivity index (χ3n) is 3.70. The molecular weight excluding hydrogens is 314 g/mol. The standard InChI is InChI=1S/C16H23N3O5/c1-16(2,3)24-15(20)18-8-5-12(6-9-18)11-23-14-4-7-17-10-13(14)19(21)22/h4,7,10,12H,5-6,8-9,11H2,1-3H3. The van der Waals surface area contributed by atoms with E-state index < -0.39 is 10.5 Å². The summed E-state index contributed by atoms with van der Waals surface area (Å²) in [7, 11) is 0. The monoisotopic (exact) mass is 337 g/mol. The third kappa shape index (κ3) is 5.07. The molecule has 1 saturated heterocycles. The van der Waals surface area contributed by atoms with Gasteiger partial charge in [0, 0.05) is 25.4 Å². The zero-order chi connectivity index (χ0) is 17.7. The van der Waals surface area contributed by atoms with Crippen LogP contribution in [0, 0.1) is 16.0 Å². The molecule has 0 bridgehead atoms. The summed E-state index contributed by atoms with van der Waals surface area (Å²) in [6.45, 7) is 7.10. The molecule has 0 unspecified atom stereocenters. The van der Waals surface area contributed by atoms with E-state index in [-0.39, 0.29) is 23.4 Å². The highest BCUT2D eigenvalue weighted by molar-refractivity contribution is 5.68. The van der Waals surface area contributed by atoms with Gasteiger partial charge in [-0.3, -0.25) is 15.1 Å². The zero-order valence-corrected chi connectivity index (χ0v) is 14.2. The Kier molecular flexibility index (Phi) is 5.58. The van der Waals surface area contributed by atoms with Crippen LogP contribution >= 0.6 is 0 Å². The summed E-state index contributed by atoms with van der Waals surface area (Å²) in [5.74, 6) is 0.473. The van der Waals surface area contributed by atoms with Gasteiger partial charge in [0.15, 0.2) is 5.75 Å². The lowest BCUT2D eigenvalue weighted by molar-refractivity contribution is -0.386. The van der Waals surface area contributed by atoms with Gasteiger partial charge in [-0.15, -0.1) is 0 Å². The van der Waals surface area contributed by atoms with Crippen molar-refractivity contribution in [1.82, 2.24) is 9.88 Å². The van der Waals surface area contributed by atoms with E-state index in [1.165, 1.54) is 18.5 Å². The van der Waals surface area contributed by atoms with E-state index in [0.717, 1.165) is 12.8 Å². The van der Waals surface area contributed by atoms with Gasteiger partial charge >= 0.3 is 11.8 Å². The van der Waals surface area contributed by atoms with Gasteiger partial charge in [-0.05, 0) is 39.5 Å². The van der Waals surface area contributed by atoms with Gasteiger partial charge in [-0.1, -0.05) is 0 Å². The molecule has 2 rings (SSSR count). The van der Waals surface area contributed by atoms with Crippen LogP contribution in [0.5, 0.6) is 5.75 Å². The number of likely N-dealkylation sites (tertiary alicyclic amines) is 1. The molecule has 1 aromatic rings. The largest absolute Gasteiger partial charge is 0.486 e. The second kappa shape index (κ2) is 7.46. The molecule has 0 saturated carbocycles. The smallest absolute Gasteiger partial charge is 0.410 e. The fourth-order valence-electron chi connectivity index (χ4n) is 2.45. The Hall–Kier alpha value is -2.38. The summed E-state index contributed by atoms with van der Waals surface area (Å²) in [6, 6.07) is 1.49. The van der Waals surface area contributed by atoms with Crippen molar-refractivity contribution in [3.05, 3.63) is 28.6 Å².